The Bertz CT molecular complexity index is 1100. The summed E-state index contributed by atoms with van der Waals surface area (Å²) in [4.78, 5) is 20.4. The van der Waals surface area contributed by atoms with Crippen molar-refractivity contribution in [2.45, 2.75) is 19.4 Å². The maximum absolute atomic E-state index is 14.4. The van der Waals surface area contributed by atoms with E-state index in [1.165, 1.54) is 36.1 Å². The predicted octanol–water partition coefficient (Wildman–Crippen LogP) is 3.06. The van der Waals surface area contributed by atoms with Crippen molar-refractivity contribution in [3.63, 3.8) is 0 Å². The summed E-state index contributed by atoms with van der Waals surface area (Å²) in [6.07, 6.45) is 4.16. The van der Waals surface area contributed by atoms with Crippen molar-refractivity contribution in [1.29, 1.82) is 0 Å². The molecule has 0 amide bonds. The molecule has 28 heavy (non-hydrogen) atoms. The molecule has 0 bridgehead atoms. The van der Waals surface area contributed by atoms with Crippen molar-refractivity contribution in [3.8, 4) is 16.9 Å². The number of nitrogens with one attached hydrogen (secondary N) is 1. The fourth-order valence-corrected chi connectivity index (χ4v) is 3.32. The third-order valence-electron chi connectivity index (χ3n) is 4.80. The number of hydrogen-bond acceptors (Lipinski definition) is 5. The lowest BCUT2D eigenvalue weighted by Gasteiger charge is -2.21. The predicted molar refractivity (Wildman–Crippen MR) is 100 cm³/mol. The first-order valence-electron chi connectivity index (χ1n) is 8.90. The summed E-state index contributed by atoms with van der Waals surface area (Å²) in [6, 6.07) is 6.04. The second-order valence-corrected chi connectivity index (χ2v) is 6.51. The molecule has 1 aliphatic heterocycles. The van der Waals surface area contributed by atoms with E-state index in [0.29, 0.717) is 17.9 Å². The molecule has 2 aromatic heterocycles. The molecule has 0 saturated carbocycles. The standard InChI is InChI=1S/C20H18F2N4O2/c1-26-19(27)15(13-4-2-8-23-18(13)22)11-25-20(26)24-10-14-12-5-3-9-28-17(12)7-6-16(14)21/h2,4,6-8,11H,3,5,9-10H2,1H3,(H,24,25). The van der Waals surface area contributed by atoms with Crippen LogP contribution < -0.4 is 15.6 Å². The molecule has 0 spiro atoms. The number of pyridine rings is 1. The van der Waals surface area contributed by atoms with E-state index in [1.807, 2.05) is 0 Å². The molecule has 0 saturated heterocycles. The summed E-state index contributed by atoms with van der Waals surface area (Å²) in [5.41, 5.74) is 1.09. The van der Waals surface area contributed by atoms with Crippen LogP contribution in [0.5, 0.6) is 5.75 Å². The zero-order chi connectivity index (χ0) is 19.7. The van der Waals surface area contributed by atoms with Gasteiger partial charge in [0.15, 0.2) is 0 Å². The highest BCUT2D eigenvalue weighted by molar-refractivity contribution is 5.61. The van der Waals surface area contributed by atoms with Gasteiger partial charge in [-0.3, -0.25) is 9.36 Å². The van der Waals surface area contributed by atoms with Crippen LogP contribution >= 0.6 is 0 Å². The highest BCUT2D eigenvalue weighted by Crippen LogP contribution is 2.30. The fraction of sp³-hybridized carbons (Fsp3) is 0.250. The Hall–Kier alpha value is -3.29. The smallest absolute Gasteiger partial charge is 0.262 e. The summed E-state index contributed by atoms with van der Waals surface area (Å²) < 4.78 is 35.1. The Labute approximate surface area is 159 Å². The summed E-state index contributed by atoms with van der Waals surface area (Å²) in [5, 5.41) is 3.00. The van der Waals surface area contributed by atoms with Gasteiger partial charge in [-0.2, -0.15) is 4.39 Å². The van der Waals surface area contributed by atoms with Gasteiger partial charge in [0, 0.05) is 42.7 Å². The SMILES string of the molecule is Cn1c(NCc2c(F)ccc3c2CCCO3)ncc(-c2cccnc2F)c1=O. The van der Waals surface area contributed by atoms with Crippen LogP contribution in [-0.2, 0) is 20.0 Å². The molecule has 6 nitrogen and oxygen atoms in total. The number of benzene rings is 1. The molecular weight excluding hydrogens is 366 g/mol. The average Bonchev–Trinajstić information content (AvgIpc) is 2.71. The number of nitrogens with zero attached hydrogens (tertiary/aromatic N) is 3. The molecular formula is C20H18F2N4O2. The van der Waals surface area contributed by atoms with Gasteiger partial charge in [-0.05, 0) is 37.1 Å². The minimum atomic E-state index is -0.736. The molecule has 0 atom stereocenters. The van der Waals surface area contributed by atoms with E-state index in [4.69, 9.17) is 4.74 Å². The first kappa shape index (κ1) is 18.1. The Morgan fingerprint density at radius 1 is 1.21 bits per heavy atom. The van der Waals surface area contributed by atoms with Gasteiger partial charge in [-0.15, -0.1) is 0 Å². The molecule has 0 unspecified atom stereocenters. The van der Waals surface area contributed by atoms with Crippen molar-refractivity contribution >= 4 is 5.95 Å². The summed E-state index contributed by atoms with van der Waals surface area (Å²) >= 11 is 0. The minimum Gasteiger partial charge on any atom is -0.493 e. The summed E-state index contributed by atoms with van der Waals surface area (Å²) in [6.45, 7) is 0.771. The monoisotopic (exact) mass is 384 g/mol. The van der Waals surface area contributed by atoms with E-state index < -0.39 is 11.5 Å². The van der Waals surface area contributed by atoms with Crippen LogP contribution in [0.25, 0.3) is 11.1 Å². The normalized spacial score (nSPS) is 13.0. The fourth-order valence-electron chi connectivity index (χ4n) is 3.32. The van der Waals surface area contributed by atoms with Gasteiger partial charge in [-0.1, -0.05) is 0 Å². The highest BCUT2D eigenvalue weighted by Gasteiger charge is 2.19. The van der Waals surface area contributed by atoms with Crippen LogP contribution in [0.1, 0.15) is 17.5 Å². The summed E-state index contributed by atoms with van der Waals surface area (Å²) in [7, 11) is 1.52. The lowest BCUT2D eigenvalue weighted by Crippen LogP contribution is -2.24. The van der Waals surface area contributed by atoms with Crippen LogP contribution in [0.3, 0.4) is 0 Å². The van der Waals surface area contributed by atoms with Crippen LogP contribution in [0.2, 0.25) is 0 Å². The number of rotatable bonds is 4. The van der Waals surface area contributed by atoms with Crippen LogP contribution in [-0.4, -0.2) is 21.1 Å². The van der Waals surface area contributed by atoms with Gasteiger partial charge in [0.2, 0.25) is 11.9 Å². The van der Waals surface area contributed by atoms with E-state index >= 15 is 0 Å². The third-order valence-corrected chi connectivity index (χ3v) is 4.80. The van der Waals surface area contributed by atoms with Gasteiger partial charge >= 0.3 is 0 Å². The first-order chi connectivity index (χ1) is 13.6. The van der Waals surface area contributed by atoms with Gasteiger partial charge in [0.05, 0.1) is 12.2 Å². The van der Waals surface area contributed by atoms with Gasteiger partial charge in [0.1, 0.15) is 11.6 Å². The van der Waals surface area contributed by atoms with Gasteiger partial charge in [0.25, 0.3) is 5.56 Å². The van der Waals surface area contributed by atoms with Gasteiger partial charge < -0.3 is 10.1 Å². The lowest BCUT2D eigenvalue weighted by atomic mass is 9.99. The zero-order valence-corrected chi connectivity index (χ0v) is 15.2. The molecule has 4 rings (SSSR count). The number of ether oxygens (including phenoxy) is 1. The number of hydrogen-bond donors (Lipinski definition) is 1. The number of halogens is 2. The largest absolute Gasteiger partial charge is 0.493 e. The molecule has 0 radical (unpaired) electrons. The number of aromatic nitrogens is 3. The maximum Gasteiger partial charge on any atom is 0.262 e. The molecule has 0 aliphatic carbocycles. The van der Waals surface area contributed by atoms with E-state index in [-0.39, 0.29) is 29.4 Å². The van der Waals surface area contributed by atoms with Crippen molar-refractivity contribution in [2.75, 3.05) is 11.9 Å². The molecule has 1 aliphatic rings. The molecule has 1 aromatic carbocycles. The Balaban J connectivity index is 1.63. The second kappa shape index (κ2) is 7.38. The zero-order valence-electron chi connectivity index (χ0n) is 15.2. The van der Waals surface area contributed by atoms with Crippen LogP contribution in [0, 0.1) is 11.8 Å². The topological polar surface area (TPSA) is 69.0 Å². The molecule has 3 aromatic rings. The quantitative estimate of drug-likeness (QED) is 0.701. The van der Waals surface area contributed by atoms with Crippen molar-refractivity contribution in [1.82, 2.24) is 14.5 Å². The molecule has 1 N–H and O–H groups in total. The Morgan fingerprint density at radius 2 is 2.07 bits per heavy atom. The highest BCUT2D eigenvalue weighted by atomic mass is 19.1. The minimum absolute atomic E-state index is 0.0856. The van der Waals surface area contributed by atoms with Crippen LogP contribution in [0.4, 0.5) is 14.7 Å². The number of anilines is 1. The maximum atomic E-state index is 14.4. The van der Waals surface area contributed by atoms with Gasteiger partial charge in [-0.25, -0.2) is 14.4 Å². The second-order valence-electron chi connectivity index (χ2n) is 6.51. The summed E-state index contributed by atoms with van der Waals surface area (Å²) in [5.74, 6) is -0.128. The van der Waals surface area contributed by atoms with E-state index in [0.717, 1.165) is 18.4 Å². The Kier molecular flexibility index (Phi) is 4.77. The van der Waals surface area contributed by atoms with Crippen molar-refractivity contribution in [2.24, 2.45) is 7.05 Å². The molecule has 0 fully saturated rings. The Morgan fingerprint density at radius 3 is 2.89 bits per heavy atom. The lowest BCUT2D eigenvalue weighted by molar-refractivity contribution is 0.286. The van der Waals surface area contributed by atoms with Crippen molar-refractivity contribution in [3.05, 3.63) is 69.9 Å². The van der Waals surface area contributed by atoms with Crippen molar-refractivity contribution < 1.29 is 13.5 Å². The molecule has 3 heterocycles. The molecule has 8 heteroatoms. The third kappa shape index (κ3) is 3.21. The van der Waals surface area contributed by atoms with E-state index in [1.54, 1.807) is 12.1 Å². The first-order valence-corrected chi connectivity index (χ1v) is 8.90. The number of fused-ring (bicyclic) bond motifs is 1. The van der Waals surface area contributed by atoms with Crippen LogP contribution in [0.15, 0.2) is 41.5 Å². The molecule has 144 valence electrons. The van der Waals surface area contributed by atoms with E-state index in [9.17, 15) is 13.6 Å². The average molecular weight is 384 g/mol. The van der Waals surface area contributed by atoms with E-state index in [2.05, 4.69) is 15.3 Å².